The lowest BCUT2D eigenvalue weighted by atomic mass is 10.2. The van der Waals surface area contributed by atoms with Crippen LogP contribution in [-0.4, -0.2) is 51.7 Å². The smallest absolute Gasteiger partial charge is 0.264 e. The van der Waals surface area contributed by atoms with Crippen molar-refractivity contribution in [3.63, 3.8) is 0 Å². The fourth-order valence-electron chi connectivity index (χ4n) is 3.74. The highest BCUT2D eigenvalue weighted by molar-refractivity contribution is 7.12. The van der Waals surface area contributed by atoms with Crippen LogP contribution in [0.4, 0.5) is 0 Å². The number of piperazine rings is 1. The number of aryl methyl sites for hydroxylation is 1. The van der Waals surface area contributed by atoms with Crippen LogP contribution in [0.2, 0.25) is 15.1 Å². The molecule has 0 unspecified atom stereocenters. The fraction of sp³-hybridized carbons (Fsp3) is 0.364. The highest BCUT2D eigenvalue weighted by atomic mass is 35.5. The van der Waals surface area contributed by atoms with Gasteiger partial charge < -0.3 is 4.90 Å². The zero-order valence-electron chi connectivity index (χ0n) is 17.4. The van der Waals surface area contributed by atoms with E-state index in [1.807, 2.05) is 53.1 Å². The third kappa shape index (κ3) is 4.94. The molecule has 5 nitrogen and oxygen atoms in total. The Morgan fingerprint density at radius 2 is 1.74 bits per heavy atom. The molecule has 9 heteroatoms. The third-order valence-electron chi connectivity index (χ3n) is 5.59. The van der Waals surface area contributed by atoms with Gasteiger partial charge in [0.25, 0.3) is 5.91 Å². The van der Waals surface area contributed by atoms with Crippen molar-refractivity contribution in [3.8, 4) is 0 Å². The van der Waals surface area contributed by atoms with Gasteiger partial charge >= 0.3 is 0 Å². The number of carbonyl (C=O) groups excluding carboxylic acids is 1. The van der Waals surface area contributed by atoms with E-state index in [0.29, 0.717) is 41.2 Å². The number of amides is 1. The van der Waals surface area contributed by atoms with Gasteiger partial charge in [-0.15, -0.1) is 11.3 Å². The standard InChI is InChI=1S/C22H23Cl3N4OS/c1-14-21(25)15(2)29(26-14)11-16-10-20(31-13-16)22(30)28-8-6-27(7-9-28)12-17-18(23)4-3-5-19(17)24/h3-5,10,13H,6-9,11-12H2,1-2H3. The molecule has 4 rings (SSSR count). The first-order chi connectivity index (χ1) is 14.8. The minimum Gasteiger partial charge on any atom is -0.335 e. The van der Waals surface area contributed by atoms with Gasteiger partial charge in [0.2, 0.25) is 0 Å². The topological polar surface area (TPSA) is 41.4 Å². The number of halogens is 3. The lowest BCUT2D eigenvalue weighted by Crippen LogP contribution is -2.48. The Bertz CT molecular complexity index is 1080. The number of benzene rings is 1. The second kappa shape index (κ2) is 9.51. The number of thiophene rings is 1. The van der Waals surface area contributed by atoms with Gasteiger partial charge in [-0.2, -0.15) is 5.10 Å². The van der Waals surface area contributed by atoms with E-state index in [9.17, 15) is 4.79 Å². The van der Waals surface area contributed by atoms with Gasteiger partial charge in [-0.25, -0.2) is 0 Å². The van der Waals surface area contributed by atoms with Gasteiger partial charge in [0, 0.05) is 48.3 Å². The molecular weight excluding hydrogens is 475 g/mol. The molecule has 1 aliphatic heterocycles. The minimum absolute atomic E-state index is 0.0816. The maximum atomic E-state index is 13.0. The van der Waals surface area contributed by atoms with Crippen LogP contribution in [0.25, 0.3) is 0 Å². The van der Waals surface area contributed by atoms with Crippen LogP contribution >= 0.6 is 46.1 Å². The minimum atomic E-state index is 0.0816. The quantitative estimate of drug-likeness (QED) is 0.465. The summed E-state index contributed by atoms with van der Waals surface area (Å²) in [4.78, 5) is 17.9. The van der Waals surface area contributed by atoms with E-state index in [1.54, 1.807) is 0 Å². The highest BCUT2D eigenvalue weighted by Gasteiger charge is 2.24. The summed E-state index contributed by atoms with van der Waals surface area (Å²) in [7, 11) is 0. The van der Waals surface area contributed by atoms with E-state index in [4.69, 9.17) is 34.8 Å². The predicted molar refractivity (Wildman–Crippen MR) is 128 cm³/mol. The summed E-state index contributed by atoms with van der Waals surface area (Å²) in [5, 5.41) is 8.55. The normalized spacial score (nSPS) is 14.9. The van der Waals surface area contributed by atoms with E-state index in [2.05, 4.69) is 10.00 Å². The van der Waals surface area contributed by atoms with E-state index in [0.717, 1.165) is 40.5 Å². The number of carbonyl (C=O) groups is 1. The van der Waals surface area contributed by atoms with Gasteiger partial charge in [-0.3, -0.25) is 14.4 Å². The van der Waals surface area contributed by atoms with Crippen molar-refractivity contribution in [1.82, 2.24) is 19.6 Å². The van der Waals surface area contributed by atoms with Crippen LogP contribution in [0.15, 0.2) is 29.6 Å². The summed E-state index contributed by atoms with van der Waals surface area (Å²) in [6.07, 6.45) is 0. The maximum Gasteiger partial charge on any atom is 0.264 e. The zero-order chi connectivity index (χ0) is 22.1. The number of aromatic nitrogens is 2. The van der Waals surface area contributed by atoms with Crippen LogP contribution in [0, 0.1) is 13.8 Å². The van der Waals surface area contributed by atoms with Crippen molar-refractivity contribution in [2.24, 2.45) is 0 Å². The number of rotatable bonds is 5. The molecule has 1 aromatic carbocycles. The summed E-state index contributed by atoms with van der Waals surface area (Å²) in [6, 6.07) is 7.53. The Morgan fingerprint density at radius 1 is 1.06 bits per heavy atom. The third-order valence-corrected chi connectivity index (χ3v) is 7.82. The van der Waals surface area contributed by atoms with Crippen molar-refractivity contribution in [3.05, 3.63) is 72.1 Å². The van der Waals surface area contributed by atoms with Crippen LogP contribution in [-0.2, 0) is 13.1 Å². The number of nitrogens with zero attached hydrogens (tertiary/aromatic N) is 4. The Kier molecular flexibility index (Phi) is 6.94. The van der Waals surface area contributed by atoms with Crippen LogP contribution < -0.4 is 0 Å². The predicted octanol–water partition coefficient (Wildman–Crippen LogP) is 5.53. The molecule has 0 N–H and O–H groups in total. The molecule has 0 bridgehead atoms. The summed E-state index contributed by atoms with van der Waals surface area (Å²) >= 11 is 20.3. The summed E-state index contributed by atoms with van der Waals surface area (Å²) in [5.41, 5.74) is 3.76. The molecule has 1 fully saturated rings. The lowest BCUT2D eigenvalue weighted by Gasteiger charge is -2.34. The van der Waals surface area contributed by atoms with Crippen molar-refractivity contribution in [2.45, 2.75) is 26.9 Å². The van der Waals surface area contributed by atoms with E-state index in [-0.39, 0.29) is 5.91 Å². The first-order valence-corrected chi connectivity index (χ1v) is 12.1. The zero-order valence-corrected chi connectivity index (χ0v) is 20.5. The monoisotopic (exact) mass is 496 g/mol. The van der Waals surface area contributed by atoms with E-state index < -0.39 is 0 Å². The van der Waals surface area contributed by atoms with Gasteiger partial charge in [0.15, 0.2) is 0 Å². The molecule has 31 heavy (non-hydrogen) atoms. The maximum absolute atomic E-state index is 13.0. The van der Waals surface area contributed by atoms with Crippen LogP contribution in [0.1, 0.15) is 32.2 Å². The van der Waals surface area contributed by atoms with Gasteiger partial charge in [0.05, 0.1) is 27.8 Å². The molecule has 0 saturated carbocycles. The largest absolute Gasteiger partial charge is 0.335 e. The molecule has 1 aliphatic rings. The fourth-order valence-corrected chi connectivity index (χ4v) is 5.27. The SMILES string of the molecule is Cc1nn(Cc2csc(C(=O)N3CCN(Cc4c(Cl)cccc4Cl)CC3)c2)c(C)c1Cl. The van der Waals surface area contributed by atoms with Gasteiger partial charge in [-0.1, -0.05) is 40.9 Å². The van der Waals surface area contributed by atoms with Crippen molar-refractivity contribution in [2.75, 3.05) is 26.2 Å². The molecule has 1 saturated heterocycles. The summed E-state index contributed by atoms with van der Waals surface area (Å²) in [6.45, 7) is 8.09. The molecular formula is C22H23Cl3N4OS. The molecule has 0 radical (unpaired) electrons. The average molecular weight is 498 g/mol. The molecule has 0 spiro atoms. The second-order valence-corrected chi connectivity index (χ2v) is 9.83. The lowest BCUT2D eigenvalue weighted by molar-refractivity contribution is 0.0633. The van der Waals surface area contributed by atoms with E-state index in [1.165, 1.54) is 11.3 Å². The molecule has 0 aliphatic carbocycles. The van der Waals surface area contributed by atoms with Crippen molar-refractivity contribution >= 4 is 52.0 Å². The van der Waals surface area contributed by atoms with Gasteiger partial charge in [0.1, 0.15) is 0 Å². The molecule has 2 aromatic heterocycles. The molecule has 0 atom stereocenters. The Morgan fingerprint density at radius 3 is 2.35 bits per heavy atom. The first kappa shape index (κ1) is 22.6. The molecule has 3 aromatic rings. The molecule has 164 valence electrons. The van der Waals surface area contributed by atoms with Crippen molar-refractivity contribution < 1.29 is 4.79 Å². The Hall–Kier alpha value is -1.57. The first-order valence-electron chi connectivity index (χ1n) is 10.0. The van der Waals surface area contributed by atoms with Gasteiger partial charge in [-0.05, 0) is 43.0 Å². The second-order valence-electron chi connectivity index (χ2n) is 7.73. The van der Waals surface area contributed by atoms with Crippen molar-refractivity contribution in [1.29, 1.82) is 0 Å². The molecule has 1 amide bonds. The Balaban J connectivity index is 1.35. The average Bonchev–Trinajstić information content (AvgIpc) is 3.32. The van der Waals surface area contributed by atoms with Crippen LogP contribution in [0.3, 0.4) is 0 Å². The summed E-state index contributed by atoms with van der Waals surface area (Å²) < 4.78 is 1.88. The summed E-state index contributed by atoms with van der Waals surface area (Å²) in [5.74, 6) is 0.0816. The molecule has 3 heterocycles. The number of hydrogen-bond acceptors (Lipinski definition) is 4. The Labute approximate surface area is 201 Å². The van der Waals surface area contributed by atoms with E-state index >= 15 is 0 Å². The van der Waals surface area contributed by atoms with Crippen LogP contribution in [0.5, 0.6) is 0 Å². The number of hydrogen-bond donors (Lipinski definition) is 0. The highest BCUT2D eigenvalue weighted by Crippen LogP contribution is 2.27.